The van der Waals surface area contributed by atoms with Crippen LogP contribution in [0.2, 0.25) is 0 Å². The zero-order valence-electron chi connectivity index (χ0n) is 6.38. The average molecular weight is 141 g/mol. The van der Waals surface area contributed by atoms with Crippen molar-refractivity contribution in [1.82, 2.24) is 0 Å². The molecule has 1 heterocycles. The van der Waals surface area contributed by atoms with Gasteiger partial charge in [-0.25, -0.2) is 0 Å². The van der Waals surface area contributed by atoms with Crippen LogP contribution >= 0.6 is 0 Å². The summed E-state index contributed by atoms with van der Waals surface area (Å²) < 4.78 is 0.167. The van der Waals surface area contributed by atoms with Gasteiger partial charge in [-0.3, -0.25) is 0 Å². The summed E-state index contributed by atoms with van der Waals surface area (Å²) in [5.41, 5.74) is 0. The SMILES string of the molecule is [O-][N+]1(C2CC2)CCCCC1. The molecule has 0 N–H and O–H groups in total. The Balaban J connectivity index is 1.97. The summed E-state index contributed by atoms with van der Waals surface area (Å²) in [5, 5.41) is 11.8. The van der Waals surface area contributed by atoms with Crippen molar-refractivity contribution in [2.75, 3.05) is 13.1 Å². The summed E-state index contributed by atoms with van der Waals surface area (Å²) >= 11 is 0. The minimum Gasteiger partial charge on any atom is -0.633 e. The van der Waals surface area contributed by atoms with E-state index in [-0.39, 0.29) is 4.65 Å². The molecule has 0 unspecified atom stereocenters. The van der Waals surface area contributed by atoms with Crippen LogP contribution in [0.4, 0.5) is 0 Å². The Bertz CT molecular complexity index is 125. The van der Waals surface area contributed by atoms with Crippen LogP contribution in [0.5, 0.6) is 0 Å². The molecule has 0 radical (unpaired) electrons. The number of rotatable bonds is 1. The Morgan fingerprint density at radius 3 is 2.10 bits per heavy atom. The first kappa shape index (κ1) is 6.62. The van der Waals surface area contributed by atoms with Gasteiger partial charge in [0.1, 0.15) is 0 Å². The van der Waals surface area contributed by atoms with Crippen LogP contribution in [0.1, 0.15) is 32.1 Å². The molecular weight excluding hydrogens is 126 g/mol. The third kappa shape index (κ3) is 1.06. The van der Waals surface area contributed by atoms with Gasteiger partial charge < -0.3 is 9.85 Å². The van der Waals surface area contributed by atoms with Crippen LogP contribution in [0.3, 0.4) is 0 Å². The van der Waals surface area contributed by atoms with E-state index in [4.69, 9.17) is 0 Å². The van der Waals surface area contributed by atoms with Crippen molar-refractivity contribution in [2.24, 2.45) is 0 Å². The fourth-order valence-electron chi connectivity index (χ4n) is 1.96. The lowest BCUT2D eigenvalue weighted by molar-refractivity contribution is -0.896. The second-order valence-electron chi connectivity index (χ2n) is 3.69. The lowest BCUT2D eigenvalue weighted by Gasteiger charge is -2.46. The summed E-state index contributed by atoms with van der Waals surface area (Å²) in [6.45, 7) is 1.81. The molecule has 1 aliphatic carbocycles. The Morgan fingerprint density at radius 1 is 1.00 bits per heavy atom. The van der Waals surface area contributed by atoms with Gasteiger partial charge in [0.2, 0.25) is 0 Å². The molecule has 10 heavy (non-hydrogen) atoms. The molecule has 58 valence electrons. The number of quaternary nitrogens is 1. The number of likely N-dealkylation sites (tertiary alicyclic amines) is 1. The zero-order valence-corrected chi connectivity index (χ0v) is 6.38. The molecule has 2 aliphatic rings. The molecule has 0 atom stereocenters. The van der Waals surface area contributed by atoms with Crippen molar-refractivity contribution in [3.63, 3.8) is 0 Å². The second kappa shape index (κ2) is 2.21. The Hall–Kier alpha value is -0.0800. The highest BCUT2D eigenvalue weighted by Gasteiger charge is 2.38. The first-order valence-electron chi connectivity index (χ1n) is 4.39. The summed E-state index contributed by atoms with van der Waals surface area (Å²) in [4.78, 5) is 0. The van der Waals surface area contributed by atoms with E-state index in [1.807, 2.05) is 0 Å². The van der Waals surface area contributed by atoms with E-state index in [0.717, 1.165) is 13.1 Å². The maximum absolute atomic E-state index is 11.8. The highest BCUT2D eigenvalue weighted by Crippen LogP contribution is 2.35. The molecule has 2 fully saturated rings. The fraction of sp³-hybridized carbons (Fsp3) is 1.00. The Morgan fingerprint density at radius 2 is 1.60 bits per heavy atom. The van der Waals surface area contributed by atoms with Crippen molar-refractivity contribution in [2.45, 2.75) is 38.1 Å². The van der Waals surface area contributed by atoms with Crippen molar-refractivity contribution in [1.29, 1.82) is 0 Å². The Kier molecular flexibility index (Phi) is 1.46. The molecule has 2 rings (SSSR count). The molecule has 0 aromatic carbocycles. The van der Waals surface area contributed by atoms with Gasteiger partial charge >= 0.3 is 0 Å². The van der Waals surface area contributed by atoms with Crippen LogP contribution in [0, 0.1) is 5.21 Å². The van der Waals surface area contributed by atoms with Gasteiger partial charge in [-0.15, -0.1) is 0 Å². The van der Waals surface area contributed by atoms with Crippen molar-refractivity contribution < 1.29 is 4.65 Å². The van der Waals surface area contributed by atoms with Crippen molar-refractivity contribution >= 4 is 0 Å². The summed E-state index contributed by atoms with van der Waals surface area (Å²) in [7, 11) is 0. The lowest BCUT2D eigenvalue weighted by Crippen LogP contribution is -2.47. The lowest BCUT2D eigenvalue weighted by atomic mass is 10.1. The highest BCUT2D eigenvalue weighted by atomic mass is 16.5. The molecule has 1 saturated carbocycles. The van der Waals surface area contributed by atoms with Crippen LogP contribution < -0.4 is 0 Å². The third-order valence-electron chi connectivity index (χ3n) is 2.79. The maximum Gasteiger partial charge on any atom is 0.0892 e. The van der Waals surface area contributed by atoms with E-state index in [1.165, 1.54) is 32.1 Å². The molecule has 0 aromatic rings. The first-order chi connectivity index (χ1) is 4.81. The predicted octanol–water partition coefficient (Wildman–Crippen LogP) is 1.65. The predicted molar refractivity (Wildman–Crippen MR) is 40.2 cm³/mol. The van der Waals surface area contributed by atoms with Crippen LogP contribution in [-0.2, 0) is 0 Å². The Labute approximate surface area is 62.0 Å². The van der Waals surface area contributed by atoms with Crippen LogP contribution in [-0.4, -0.2) is 23.8 Å². The molecule has 2 heteroatoms. The molecule has 0 bridgehead atoms. The minimum absolute atomic E-state index is 0.167. The standard InChI is InChI=1S/C8H15NO/c10-9(8-4-5-8)6-2-1-3-7-9/h8H,1-7H2. The zero-order chi connectivity index (χ0) is 7.03. The minimum atomic E-state index is 0.167. The number of nitrogens with zero attached hydrogens (tertiary/aromatic N) is 1. The fourth-order valence-corrected chi connectivity index (χ4v) is 1.96. The topological polar surface area (TPSA) is 23.1 Å². The highest BCUT2D eigenvalue weighted by molar-refractivity contribution is 4.77. The van der Waals surface area contributed by atoms with Gasteiger partial charge in [0.15, 0.2) is 0 Å². The normalized spacial score (nSPS) is 32.1. The van der Waals surface area contributed by atoms with Gasteiger partial charge in [0.25, 0.3) is 0 Å². The van der Waals surface area contributed by atoms with Gasteiger partial charge in [-0.2, -0.15) is 0 Å². The molecule has 2 nitrogen and oxygen atoms in total. The monoisotopic (exact) mass is 141 g/mol. The van der Waals surface area contributed by atoms with E-state index in [2.05, 4.69) is 0 Å². The maximum atomic E-state index is 11.8. The number of hydrogen-bond acceptors (Lipinski definition) is 1. The molecular formula is C8H15NO. The summed E-state index contributed by atoms with van der Waals surface area (Å²) in [6, 6.07) is 0.514. The smallest absolute Gasteiger partial charge is 0.0892 e. The number of hydrogen-bond donors (Lipinski definition) is 0. The van der Waals surface area contributed by atoms with Gasteiger partial charge in [0.05, 0.1) is 19.1 Å². The van der Waals surface area contributed by atoms with Crippen LogP contribution in [0.25, 0.3) is 0 Å². The van der Waals surface area contributed by atoms with Gasteiger partial charge in [0, 0.05) is 12.8 Å². The van der Waals surface area contributed by atoms with E-state index < -0.39 is 0 Å². The largest absolute Gasteiger partial charge is 0.633 e. The van der Waals surface area contributed by atoms with E-state index >= 15 is 0 Å². The molecule has 0 aromatic heterocycles. The quantitative estimate of drug-likeness (QED) is 0.402. The molecule has 1 aliphatic heterocycles. The summed E-state index contributed by atoms with van der Waals surface area (Å²) in [6.07, 6.45) is 6.02. The molecule has 0 amide bonds. The third-order valence-corrected chi connectivity index (χ3v) is 2.79. The van der Waals surface area contributed by atoms with E-state index in [0.29, 0.717) is 6.04 Å². The van der Waals surface area contributed by atoms with Gasteiger partial charge in [-0.1, -0.05) is 0 Å². The number of piperidine rings is 1. The van der Waals surface area contributed by atoms with Crippen molar-refractivity contribution in [3.8, 4) is 0 Å². The molecule has 1 saturated heterocycles. The van der Waals surface area contributed by atoms with Crippen LogP contribution in [0.15, 0.2) is 0 Å². The van der Waals surface area contributed by atoms with E-state index in [9.17, 15) is 5.21 Å². The second-order valence-corrected chi connectivity index (χ2v) is 3.69. The average Bonchev–Trinajstić information content (AvgIpc) is 2.69. The number of hydroxylamine groups is 3. The molecule has 0 spiro atoms. The summed E-state index contributed by atoms with van der Waals surface area (Å²) in [5.74, 6) is 0. The first-order valence-corrected chi connectivity index (χ1v) is 4.39. The van der Waals surface area contributed by atoms with Crippen molar-refractivity contribution in [3.05, 3.63) is 5.21 Å². The van der Waals surface area contributed by atoms with E-state index in [1.54, 1.807) is 0 Å². The van der Waals surface area contributed by atoms with Gasteiger partial charge in [-0.05, 0) is 19.3 Å².